The highest BCUT2D eigenvalue weighted by Crippen LogP contribution is 2.28. The molecule has 1 aliphatic heterocycles. The minimum absolute atomic E-state index is 0.409. The van der Waals surface area contributed by atoms with Crippen molar-refractivity contribution in [2.45, 2.75) is 6.10 Å². The summed E-state index contributed by atoms with van der Waals surface area (Å²) in [5.41, 5.74) is 1.30. The summed E-state index contributed by atoms with van der Waals surface area (Å²) in [6.07, 6.45) is 0.409. The van der Waals surface area contributed by atoms with Crippen LogP contribution in [0.25, 0.3) is 0 Å². The lowest BCUT2D eigenvalue weighted by molar-refractivity contribution is 0.415. The van der Waals surface area contributed by atoms with Crippen LogP contribution in [0.5, 0.6) is 0 Å². The van der Waals surface area contributed by atoms with Gasteiger partial charge < -0.3 is 4.74 Å². The molecule has 0 saturated carbocycles. The smallest absolute Gasteiger partial charge is 0.106 e. The van der Waals surface area contributed by atoms with Crippen LogP contribution in [-0.2, 0) is 4.74 Å². The lowest BCUT2D eigenvalue weighted by Gasteiger charge is -1.89. The van der Waals surface area contributed by atoms with Crippen molar-refractivity contribution in [1.82, 2.24) is 0 Å². The van der Waals surface area contributed by atoms with E-state index in [1.54, 1.807) is 0 Å². The number of benzene rings is 2. The van der Waals surface area contributed by atoms with Gasteiger partial charge >= 0.3 is 0 Å². The number of hydrogen-bond acceptors (Lipinski definition) is 1. The molecule has 3 rings (SSSR count). The summed E-state index contributed by atoms with van der Waals surface area (Å²) in [6.45, 7) is 0.907. The molecule has 1 fully saturated rings. The molecule has 1 nitrogen and oxygen atoms in total. The van der Waals surface area contributed by atoms with E-state index in [2.05, 4.69) is 12.1 Å². The minimum atomic E-state index is 0.409. The second kappa shape index (κ2) is 5.32. The normalized spacial score (nSPS) is 17.5. The monoisotopic (exact) mass is 198 g/mol. The van der Waals surface area contributed by atoms with E-state index in [1.165, 1.54) is 5.56 Å². The SMILES string of the molecule is c1ccc(C2CO2)cc1.c1ccccc1. The Bertz CT molecular complexity index is 338. The van der Waals surface area contributed by atoms with E-state index in [0.717, 1.165) is 6.61 Å². The molecule has 1 heteroatoms. The zero-order valence-corrected chi connectivity index (χ0v) is 8.54. The van der Waals surface area contributed by atoms with Crippen LogP contribution in [0.3, 0.4) is 0 Å². The third-order valence-corrected chi connectivity index (χ3v) is 2.17. The maximum Gasteiger partial charge on any atom is 0.106 e. The molecule has 1 heterocycles. The molecule has 0 N–H and O–H groups in total. The summed E-state index contributed by atoms with van der Waals surface area (Å²) in [7, 11) is 0. The molecule has 0 amide bonds. The van der Waals surface area contributed by atoms with E-state index in [9.17, 15) is 0 Å². The lowest BCUT2D eigenvalue weighted by atomic mass is 10.2. The molecule has 0 aromatic heterocycles. The van der Waals surface area contributed by atoms with Crippen LogP contribution in [0.2, 0.25) is 0 Å². The van der Waals surface area contributed by atoms with Crippen molar-refractivity contribution in [2.75, 3.05) is 6.61 Å². The van der Waals surface area contributed by atoms with Gasteiger partial charge in [-0.05, 0) is 5.56 Å². The van der Waals surface area contributed by atoms with Crippen LogP contribution in [0, 0.1) is 0 Å². The van der Waals surface area contributed by atoms with Gasteiger partial charge in [0, 0.05) is 0 Å². The fourth-order valence-corrected chi connectivity index (χ4v) is 1.29. The fraction of sp³-hybridized carbons (Fsp3) is 0.143. The fourth-order valence-electron chi connectivity index (χ4n) is 1.29. The Hall–Kier alpha value is -1.60. The molecule has 0 radical (unpaired) electrons. The van der Waals surface area contributed by atoms with Gasteiger partial charge in [0.1, 0.15) is 6.10 Å². The second-order valence-corrected chi connectivity index (χ2v) is 3.39. The second-order valence-electron chi connectivity index (χ2n) is 3.39. The highest BCUT2D eigenvalue weighted by molar-refractivity contribution is 5.19. The Morgan fingerprint density at radius 2 is 1.13 bits per heavy atom. The average molecular weight is 198 g/mol. The molecule has 1 atom stereocenters. The highest BCUT2D eigenvalue weighted by atomic mass is 16.6. The third kappa shape index (κ3) is 3.56. The standard InChI is InChI=1S/C8H8O.C6H6/c1-2-4-7(5-3-1)8-6-9-8;1-2-4-6-5-3-1/h1-5,8H,6H2;1-6H. The first-order chi connectivity index (χ1) is 7.47. The first-order valence-corrected chi connectivity index (χ1v) is 5.13. The summed E-state index contributed by atoms with van der Waals surface area (Å²) >= 11 is 0. The van der Waals surface area contributed by atoms with Gasteiger partial charge in [0.2, 0.25) is 0 Å². The van der Waals surface area contributed by atoms with Crippen molar-refractivity contribution in [3.8, 4) is 0 Å². The van der Waals surface area contributed by atoms with Gasteiger partial charge in [-0.1, -0.05) is 66.7 Å². The van der Waals surface area contributed by atoms with E-state index in [0.29, 0.717) is 6.10 Å². The van der Waals surface area contributed by atoms with Crippen LogP contribution < -0.4 is 0 Å². The molecule has 2 aromatic carbocycles. The Balaban J connectivity index is 0.000000124. The molecular formula is C14H14O. The zero-order chi connectivity index (χ0) is 10.3. The Morgan fingerprint density at radius 1 is 0.733 bits per heavy atom. The predicted octanol–water partition coefficient (Wildman–Crippen LogP) is 3.44. The number of rotatable bonds is 1. The van der Waals surface area contributed by atoms with E-state index in [4.69, 9.17) is 4.74 Å². The Kier molecular flexibility index (Phi) is 3.53. The summed E-state index contributed by atoms with van der Waals surface area (Å²) in [6, 6.07) is 22.3. The molecule has 2 aromatic rings. The molecular weight excluding hydrogens is 184 g/mol. The van der Waals surface area contributed by atoms with Gasteiger partial charge in [-0.2, -0.15) is 0 Å². The van der Waals surface area contributed by atoms with Crippen LogP contribution in [0.4, 0.5) is 0 Å². The number of epoxide rings is 1. The van der Waals surface area contributed by atoms with Crippen LogP contribution >= 0.6 is 0 Å². The maximum absolute atomic E-state index is 5.09. The van der Waals surface area contributed by atoms with Crippen molar-refractivity contribution in [1.29, 1.82) is 0 Å². The molecule has 0 spiro atoms. The maximum atomic E-state index is 5.09. The number of hydrogen-bond donors (Lipinski definition) is 0. The van der Waals surface area contributed by atoms with Gasteiger partial charge in [-0.25, -0.2) is 0 Å². The largest absolute Gasteiger partial charge is 0.368 e. The topological polar surface area (TPSA) is 12.5 Å². The van der Waals surface area contributed by atoms with Gasteiger partial charge in [0.15, 0.2) is 0 Å². The Labute approximate surface area is 90.3 Å². The third-order valence-electron chi connectivity index (χ3n) is 2.17. The molecule has 76 valence electrons. The van der Waals surface area contributed by atoms with Gasteiger partial charge in [-0.15, -0.1) is 0 Å². The number of ether oxygens (including phenoxy) is 1. The predicted molar refractivity (Wildman–Crippen MR) is 61.6 cm³/mol. The summed E-state index contributed by atoms with van der Waals surface area (Å²) in [5.74, 6) is 0. The Morgan fingerprint density at radius 3 is 1.53 bits per heavy atom. The van der Waals surface area contributed by atoms with Crippen LogP contribution in [-0.4, -0.2) is 6.61 Å². The first-order valence-electron chi connectivity index (χ1n) is 5.13. The van der Waals surface area contributed by atoms with Crippen molar-refractivity contribution in [3.05, 3.63) is 72.3 Å². The average Bonchev–Trinajstić information content (AvgIpc) is 3.17. The van der Waals surface area contributed by atoms with Crippen molar-refractivity contribution in [3.63, 3.8) is 0 Å². The molecule has 1 aliphatic rings. The molecule has 1 saturated heterocycles. The van der Waals surface area contributed by atoms with Crippen LogP contribution in [0.15, 0.2) is 66.7 Å². The minimum Gasteiger partial charge on any atom is -0.368 e. The summed E-state index contributed by atoms with van der Waals surface area (Å²) < 4.78 is 5.09. The molecule has 0 bridgehead atoms. The van der Waals surface area contributed by atoms with E-state index >= 15 is 0 Å². The van der Waals surface area contributed by atoms with Gasteiger partial charge in [0.05, 0.1) is 6.61 Å². The zero-order valence-electron chi connectivity index (χ0n) is 8.54. The summed E-state index contributed by atoms with van der Waals surface area (Å²) in [4.78, 5) is 0. The van der Waals surface area contributed by atoms with Crippen molar-refractivity contribution >= 4 is 0 Å². The first kappa shape index (κ1) is 9.94. The van der Waals surface area contributed by atoms with Gasteiger partial charge in [-0.3, -0.25) is 0 Å². The molecule has 15 heavy (non-hydrogen) atoms. The van der Waals surface area contributed by atoms with Gasteiger partial charge in [0.25, 0.3) is 0 Å². The van der Waals surface area contributed by atoms with Crippen molar-refractivity contribution < 1.29 is 4.74 Å². The highest BCUT2D eigenvalue weighted by Gasteiger charge is 2.23. The van der Waals surface area contributed by atoms with E-state index in [-0.39, 0.29) is 0 Å². The lowest BCUT2D eigenvalue weighted by Crippen LogP contribution is -1.75. The van der Waals surface area contributed by atoms with E-state index in [1.807, 2.05) is 54.6 Å². The molecule has 1 unspecified atom stereocenters. The van der Waals surface area contributed by atoms with E-state index < -0.39 is 0 Å². The van der Waals surface area contributed by atoms with Crippen LogP contribution in [0.1, 0.15) is 11.7 Å². The molecule has 0 aliphatic carbocycles. The summed E-state index contributed by atoms with van der Waals surface area (Å²) in [5, 5.41) is 0. The van der Waals surface area contributed by atoms with Crippen molar-refractivity contribution in [2.24, 2.45) is 0 Å². The quantitative estimate of drug-likeness (QED) is 0.639.